The van der Waals surface area contributed by atoms with Gasteiger partial charge in [0.1, 0.15) is 11.5 Å². The highest BCUT2D eigenvalue weighted by atomic mass is 35.6. The van der Waals surface area contributed by atoms with Crippen molar-refractivity contribution in [1.82, 2.24) is 0 Å². The van der Waals surface area contributed by atoms with Gasteiger partial charge in [-0.1, -0.05) is 34.8 Å². The fraction of sp³-hybridized carbons (Fsp3) is 0.833. The van der Waals surface area contributed by atoms with Crippen LogP contribution in [0.5, 0.6) is 0 Å². The minimum Gasteiger partial charge on any atom is -0.464 e. The number of ether oxygens (including phenoxy) is 1. The topological polar surface area (TPSA) is 26.3 Å². The van der Waals surface area contributed by atoms with Crippen LogP contribution in [0.1, 0.15) is 13.8 Å². The average molecular weight is 254 g/mol. The predicted octanol–water partition coefficient (Wildman–Crippen LogP) is 2.92. The average Bonchev–Trinajstić information content (AvgIpc) is 1.81. The summed E-state index contributed by atoms with van der Waals surface area (Å²) in [6.07, 6.45) is 0. The monoisotopic (exact) mass is 252 g/mol. The molecule has 0 aliphatic carbocycles. The fourth-order valence-corrected chi connectivity index (χ4v) is 0.537. The normalized spacial score (nSPS) is 16.8. The minimum atomic E-state index is -1.66. The van der Waals surface area contributed by atoms with Crippen molar-refractivity contribution in [3.8, 4) is 0 Å². The molecule has 0 aromatic rings. The Hall–Kier alpha value is 0.630. The van der Waals surface area contributed by atoms with Gasteiger partial charge in [0.05, 0.1) is 0 Å². The van der Waals surface area contributed by atoms with E-state index in [1.165, 1.54) is 13.8 Å². The second-order valence-corrected chi connectivity index (χ2v) is 5.59. The summed E-state index contributed by atoms with van der Waals surface area (Å²) in [5.74, 6) is -0.462. The third kappa shape index (κ3) is 4.04. The van der Waals surface area contributed by atoms with Gasteiger partial charge in [0.15, 0.2) is 0 Å². The van der Waals surface area contributed by atoms with Crippen molar-refractivity contribution in [1.29, 1.82) is 0 Å². The number of rotatable bonds is 2. The lowest BCUT2D eigenvalue weighted by Crippen LogP contribution is -2.39. The van der Waals surface area contributed by atoms with Crippen LogP contribution in [-0.4, -0.2) is 21.2 Å². The van der Waals surface area contributed by atoms with Crippen molar-refractivity contribution >= 4 is 52.4 Å². The molecule has 1 atom stereocenters. The molecule has 12 heavy (non-hydrogen) atoms. The standard InChI is InChI=1S/C6H8Cl4O2/c1-4(11)12-3-5(2,7)6(8,9)10/h3H2,1-2H3. The molecule has 0 aromatic heterocycles. The maximum atomic E-state index is 10.4. The van der Waals surface area contributed by atoms with Crippen LogP contribution in [-0.2, 0) is 9.53 Å². The summed E-state index contributed by atoms with van der Waals surface area (Å²) in [5.41, 5.74) is 0. The number of hydrogen-bond acceptors (Lipinski definition) is 2. The van der Waals surface area contributed by atoms with Gasteiger partial charge in [-0.25, -0.2) is 0 Å². The maximum absolute atomic E-state index is 10.4. The smallest absolute Gasteiger partial charge is 0.302 e. The molecule has 0 saturated carbocycles. The van der Waals surface area contributed by atoms with Crippen LogP contribution >= 0.6 is 46.4 Å². The van der Waals surface area contributed by atoms with Crippen molar-refractivity contribution in [2.45, 2.75) is 22.5 Å². The molecule has 0 aromatic carbocycles. The molecule has 0 fully saturated rings. The quantitative estimate of drug-likeness (QED) is 0.559. The van der Waals surface area contributed by atoms with Crippen molar-refractivity contribution in [2.75, 3.05) is 6.61 Å². The van der Waals surface area contributed by atoms with Crippen LogP contribution in [0.3, 0.4) is 0 Å². The lowest BCUT2D eigenvalue weighted by molar-refractivity contribution is -0.141. The summed E-state index contributed by atoms with van der Waals surface area (Å²) in [6.45, 7) is 2.59. The molecule has 0 N–H and O–H groups in total. The molecule has 0 spiro atoms. The summed E-state index contributed by atoms with van der Waals surface area (Å²) >= 11 is 22.3. The molecule has 0 aliphatic rings. The third-order valence-corrected chi connectivity index (χ3v) is 3.07. The van der Waals surface area contributed by atoms with Gasteiger partial charge >= 0.3 is 5.97 Å². The van der Waals surface area contributed by atoms with Crippen LogP contribution < -0.4 is 0 Å². The SMILES string of the molecule is CC(=O)OCC(C)(Cl)C(Cl)(Cl)Cl. The van der Waals surface area contributed by atoms with Gasteiger partial charge in [-0.05, 0) is 6.92 Å². The van der Waals surface area contributed by atoms with Crippen LogP contribution in [0.15, 0.2) is 0 Å². The van der Waals surface area contributed by atoms with Gasteiger partial charge in [-0.2, -0.15) is 0 Å². The van der Waals surface area contributed by atoms with Crippen molar-refractivity contribution in [3.63, 3.8) is 0 Å². The van der Waals surface area contributed by atoms with Crippen LogP contribution in [0.25, 0.3) is 0 Å². The highest BCUT2D eigenvalue weighted by Crippen LogP contribution is 2.42. The summed E-state index contributed by atoms with van der Waals surface area (Å²) < 4.78 is 2.95. The summed E-state index contributed by atoms with van der Waals surface area (Å²) in [6, 6.07) is 0. The lowest BCUT2D eigenvalue weighted by atomic mass is 10.2. The Bertz CT molecular complexity index is 173. The molecule has 0 heterocycles. The zero-order chi connectivity index (χ0) is 9.99. The zero-order valence-corrected chi connectivity index (χ0v) is 9.56. The summed E-state index contributed by atoms with van der Waals surface area (Å²) in [4.78, 5) is 9.20. The molecule has 0 saturated heterocycles. The van der Waals surface area contributed by atoms with Crippen molar-refractivity contribution < 1.29 is 9.53 Å². The first-order valence-electron chi connectivity index (χ1n) is 3.06. The van der Waals surface area contributed by atoms with Gasteiger partial charge in [0.2, 0.25) is 3.79 Å². The molecular weight excluding hydrogens is 246 g/mol. The molecule has 6 heteroatoms. The van der Waals surface area contributed by atoms with Crippen molar-refractivity contribution in [2.24, 2.45) is 0 Å². The Labute approximate surface area is 91.1 Å². The number of esters is 1. The van der Waals surface area contributed by atoms with E-state index in [1.54, 1.807) is 0 Å². The molecule has 0 bridgehead atoms. The largest absolute Gasteiger partial charge is 0.464 e. The van der Waals surface area contributed by atoms with Gasteiger partial charge in [-0.15, -0.1) is 11.6 Å². The Morgan fingerprint density at radius 3 is 2.00 bits per heavy atom. The molecule has 0 amide bonds. The van der Waals surface area contributed by atoms with E-state index in [2.05, 4.69) is 4.74 Å². The Morgan fingerprint density at radius 2 is 1.75 bits per heavy atom. The van der Waals surface area contributed by atoms with E-state index in [0.29, 0.717) is 0 Å². The highest BCUT2D eigenvalue weighted by molar-refractivity contribution is 6.71. The number of alkyl halides is 4. The van der Waals surface area contributed by atoms with E-state index in [9.17, 15) is 4.79 Å². The Kier molecular flexibility index (Phi) is 4.45. The van der Waals surface area contributed by atoms with Crippen molar-refractivity contribution in [3.05, 3.63) is 0 Å². The van der Waals surface area contributed by atoms with Crippen LogP contribution in [0.2, 0.25) is 0 Å². The van der Waals surface area contributed by atoms with E-state index in [0.717, 1.165) is 0 Å². The molecule has 2 nitrogen and oxygen atoms in total. The number of halogens is 4. The zero-order valence-electron chi connectivity index (χ0n) is 6.54. The molecule has 0 radical (unpaired) electrons. The second kappa shape index (κ2) is 4.23. The molecule has 0 aliphatic heterocycles. The van der Waals surface area contributed by atoms with Gasteiger partial charge in [0.25, 0.3) is 0 Å². The maximum Gasteiger partial charge on any atom is 0.302 e. The first kappa shape index (κ1) is 12.6. The third-order valence-electron chi connectivity index (χ3n) is 1.14. The van der Waals surface area contributed by atoms with Gasteiger partial charge < -0.3 is 4.74 Å². The van der Waals surface area contributed by atoms with E-state index in [4.69, 9.17) is 46.4 Å². The van der Waals surface area contributed by atoms with E-state index in [-0.39, 0.29) is 6.61 Å². The second-order valence-electron chi connectivity index (χ2n) is 2.48. The van der Waals surface area contributed by atoms with E-state index < -0.39 is 14.6 Å². The van der Waals surface area contributed by atoms with Gasteiger partial charge in [0, 0.05) is 6.92 Å². The van der Waals surface area contributed by atoms with Crippen LogP contribution in [0, 0.1) is 0 Å². The van der Waals surface area contributed by atoms with E-state index >= 15 is 0 Å². The summed E-state index contributed by atoms with van der Waals surface area (Å²) in [5, 5.41) is 0. The van der Waals surface area contributed by atoms with Crippen LogP contribution in [0.4, 0.5) is 0 Å². The number of hydrogen-bond donors (Lipinski definition) is 0. The summed E-state index contributed by atoms with van der Waals surface area (Å²) in [7, 11) is 0. The molecule has 0 rings (SSSR count). The molecule has 1 unspecified atom stereocenters. The lowest BCUT2D eigenvalue weighted by Gasteiger charge is -2.28. The molecule has 72 valence electrons. The predicted molar refractivity (Wildman–Crippen MR) is 51.2 cm³/mol. The highest BCUT2D eigenvalue weighted by Gasteiger charge is 2.44. The Morgan fingerprint density at radius 1 is 1.33 bits per heavy atom. The number of carbonyl (C=O) groups excluding carboxylic acids is 1. The fourth-order valence-electron chi connectivity index (χ4n) is 0.319. The first-order valence-corrected chi connectivity index (χ1v) is 4.57. The van der Waals surface area contributed by atoms with Gasteiger partial charge in [-0.3, -0.25) is 4.79 Å². The molecular formula is C6H8Cl4O2. The number of carbonyl (C=O) groups is 1. The Balaban J connectivity index is 4.14. The van der Waals surface area contributed by atoms with E-state index in [1.807, 2.05) is 0 Å². The first-order chi connectivity index (χ1) is 5.17. The minimum absolute atomic E-state index is 0.139.